The molecule has 6 nitrogen and oxygen atoms in total. The minimum Gasteiger partial charge on any atom is -0.345 e. The summed E-state index contributed by atoms with van der Waals surface area (Å²) in [6, 6.07) is 17.9. The van der Waals surface area contributed by atoms with Crippen LogP contribution in [0.15, 0.2) is 79.1 Å². The molecule has 3 aromatic rings. The number of piperidine rings is 1. The molecule has 0 bridgehead atoms. The van der Waals surface area contributed by atoms with Gasteiger partial charge in [-0.3, -0.25) is 14.7 Å². The molecule has 0 spiro atoms. The van der Waals surface area contributed by atoms with E-state index in [-0.39, 0.29) is 11.9 Å². The van der Waals surface area contributed by atoms with Crippen LogP contribution in [0.5, 0.6) is 0 Å². The van der Waals surface area contributed by atoms with Gasteiger partial charge < -0.3 is 14.7 Å². The van der Waals surface area contributed by atoms with Crippen molar-refractivity contribution in [2.45, 2.75) is 50.5 Å². The van der Waals surface area contributed by atoms with Crippen LogP contribution in [-0.4, -0.2) is 77.9 Å². The lowest BCUT2D eigenvalue weighted by Gasteiger charge is -2.36. The Kier molecular flexibility index (Phi) is 9.28. The molecule has 2 aliphatic heterocycles. The lowest BCUT2D eigenvalue weighted by Crippen LogP contribution is -2.44. The Hall–Kier alpha value is -3.69. The van der Waals surface area contributed by atoms with Crippen molar-refractivity contribution in [3.05, 3.63) is 95.8 Å². The van der Waals surface area contributed by atoms with E-state index in [0.717, 1.165) is 68.1 Å². The van der Waals surface area contributed by atoms with E-state index in [1.807, 2.05) is 24.1 Å². The molecule has 45 heavy (non-hydrogen) atoms. The average molecular weight is 618 g/mol. The van der Waals surface area contributed by atoms with Gasteiger partial charge in [-0.2, -0.15) is 13.2 Å². The van der Waals surface area contributed by atoms with E-state index >= 15 is 0 Å². The van der Waals surface area contributed by atoms with Crippen LogP contribution in [0.4, 0.5) is 24.5 Å². The van der Waals surface area contributed by atoms with Crippen LogP contribution in [0.2, 0.25) is 0 Å². The molecule has 3 aliphatic rings. The van der Waals surface area contributed by atoms with E-state index in [0.29, 0.717) is 30.0 Å². The number of nitrogens with zero attached hydrogens (tertiary/aromatic N) is 5. The second kappa shape index (κ2) is 13.3. The van der Waals surface area contributed by atoms with Crippen molar-refractivity contribution in [2.24, 2.45) is 11.8 Å². The molecule has 2 aromatic carbocycles. The third-order valence-electron chi connectivity index (χ3n) is 10.1. The van der Waals surface area contributed by atoms with Crippen LogP contribution < -0.4 is 4.90 Å². The van der Waals surface area contributed by atoms with E-state index in [2.05, 4.69) is 51.0 Å². The third-order valence-corrected chi connectivity index (χ3v) is 10.1. The first-order chi connectivity index (χ1) is 21.6. The van der Waals surface area contributed by atoms with Gasteiger partial charge in [-0.25, -0.2) is 0 Å². The maximum absolute atomic E-state index is 13.8. The average Bonchev–Trinajstić information content (AvgIpc) is 3.63. The zero-order valence-corrected chi connectivity index (χ0v) is 26.0. The van der Waals surface area contributed by atoms with Crippen LogP contribution in [0, 0.1) is 11.8 Å². The zero-order chi connectivity index (χ0) is 31.6. The lowest BCUT2D eigenvalue weighted by molar-refractivity contribution is -0.137. The molecule has 1 amide bonds. The van der Waals surface area contributed by atoms with E-state index in [4.69, 9.17) is 0 Å². The second-order valence-electron chi connectivity index (χ2n) is 13.0. The first-order valence-corrected chi connectivity index (χ1v) is 16.0. The van der Waals surface area contributed by atoms with Crippen LogP contribution in [0.1, 0.15) is 42.4 Å². The Morgan fingerprint density at radius 1 is 0.911 bits per heavy atom. The molecule has 0 radical (unpaired) electrons. The lowest BCUT2D eigenvalue weighted by atomic mass is 10.0. The molecule has 238 valence electrons. The number of hydrogen-bond donors (Lipinski definition) is 0. The fourth-order valence-electron chi connectivity index (χ4n) is 7.39. The SMILES string of the molecule is CN1CCC(N2C[C@H]3CC(N(Cc4ccc(N(C)c5ccncc5)cc4)C(=O)/C=C/c4ccc(C(F)(F)F)cc4)C[C@H]3C2)CC1. The number of amides is 1. The van der Waals surface area contributed by atoms with Crippen molar-refractivity contribution in [1.29, 1.82) is 0 Å². The van der Waals surface area contributed by atoms with Crippen molar-refractivity contribution < 1.29 is 18.0 Å². The van der Waals surface area contributed by atoms with Crippen molar-refractivity contribution in [3.8, 4) is 0 Å². The summed E-state index contributed by atoms with van der Waals surface area (Å²) in [5, 5.41) is 0. The third kappa shape index (κ3) is 7.42. The standard InChI is InChI=1S/C36H42F3N5O/c1-41-19-15-33(16-20-41)43-24-28-21-34(22-29(28)25-43)44(35(45)12-7-26-3-8-30(9-4-26)36(37,38)39)23-27-5-10-31(11-6-27)42(2)32-13-17-40-18-14-32/h3-14,17-18,28-29,33-34H,15-16,19-25H2,1-2H3/b12-7+/t28-,29+,34?. The van der Waals surface area contributed by atoms with Crippen molar-refractivity contribution >= 4 is 23.4 Å². The first-order valence-electron chi connectivity index (χ1n) is 16.0. The molecular formula is C36H42F3N5O. The van der Waals surface area contributed by atoms with Gasteiger partial charge in [0.15, 0.2) is 0 Å². The molecule has 1 aromatic heterocycles. The van der Waals surface area contributed by atoms with Crippen molar-refractivity contribution in [2.75, 3.05) is 45.2 Å². The molecule has 1 saturated carbocycles. The van der Waals surface area contributed by atoms with E-state index in [1.165, 1.54) is 31.1 Å². The highest BCUT2D eigenvalue weighted by molar-refractivity contribution is 5.92. The zero-order valence-electron chi connectivity index (χ0n) is 26.0. The summed E-state index contributed by atoms with van der Waals surface area (Å²) in [5.74, 6) is 1.06. The number of halogens is 3. The van der Waals surface area contributed by atoms with Gasteiger partial charge in [0.1, 0.15) is 0 Å². The molecule has 3 heterocycles. The maximum atomic E-state index is 13.8. The number of carbonyl (C=O) groups excluding carboxylic acids is 1. The molecule has 1 aliphatic carbocycles. The molecule has 6 rings (SSSR count). The molecule has 2 saturated heterocycles. The highest BCUT2D eigenvalue weighted by atomic mass is 19.4. The Labute approximate surface area is 264 Å². The molecule has 0 N–H and O–H groups in total. The van der Waals surface area contributed by atoms with E-state index < -0.39 is 11.7 Å². The highest BCUT2D eigenvalue weighted by Gasteiger charge is 2.45. The number of alkyl halides is 3. The van der Waals surface area contributed by atoms with Crippen LogP contribution in [-0.2, 0) is 17.5 Å². The monoisotopic (exact) mass is 617 g/mol. The maximum Gasteiger partial charge on any atom is 0.416 e. The summed E-state index contributed by atoms with van der Waals surface area (Å²) in [7, 11) is 4.21. The predicted octanol–water partition coefficient (Wildman–Crippen LogP) is 6.71. The summed E-state index contributed by atoms with van der Waals surface area (Å²) >= 11 is 0. The number of aromatic nitrogens is 1. The Morgan fingerprint density at radius 2 is 1.51 bits per heavy atom. The van der Waals surface area contributed by atoms with Gasteiger partial charge in [0, 0.05) is 68.6 Å². The predicted molar refractivity (Wildman–Crippen MR) is 172 cm³/mol. The molecule has 9 heteroatoms. The number of fused-ring (bicyclic) bond motifs is 1. The van der Waals surface area contributed by atoms with E-state index in [9.17, 15) is 18.0 Å². The first kappa shape index (κ1) is 31.3. The summed E-state index contributed by atoms with van der Waals surface area (Å²) in [6.07, 6.45) is 6.72. The summed E-state index contributed by atoms with van der Waals surface area (Å²) in [5.41, 5.74) is 2.99. The normalized spacial score (nSPS) is 23.0. The van der Waals surface area contributed by atoms with Crippen LogP contribution in [0.25, 0.3) is 6.08 Å². The second-order valence-corrected chi connectivity index (χ2v) is 13.0. The number of carbonyl (C=O) groups is 1. The molecule has 3 atom stereocenters. The highest BCUT2D eigenvalue weighted by Crippen LogP contribution is 2.42. The van der Waals surface area contributed by atoms with Gasteiger partial charge in [-0.1, -0.05) is 24.3 Å². The topological polar surface area (TPSA) is 42.9 Å². The summed E-state index contributed by atoms with van der Waals surface area (Å²) in [6.45, 7) is 5.01. The quantitative estimate of drug-likeness (QED) is 0.263. The van der Waals surface area contributed by atoms with Crippen LogP contribution >= 0.6 is 0 Å². The summed E-state index contributed by atoms with van der Waals surface area (Å²) in [4.78, 5) is 27.1. The van der Waals surface area contributed by atoms with Gasteiger partial charge in [0.25, 0.3) is 0 Å². The molecular weight excluding hydrogens is 575 g/mol. The van der Waals surface area contributed by atoms with Crippen molar-refractivity contribution in [3.63, 3.8) is 0 Å². The van der Waals surface area contributed by atoms with E-state index in [1.54, 1.807) is 18.5 Å². The molecule has 1 unspecified atom stereocenters. The van der Waals surface area contributed by atoms with Gasteiger partial charge in [0.2, 0.25) is 5.91 Å². The fraction of sp³-hybridized carbons (Fsp3) is 0.444. The smallest absolute Gasteiger partial charge is 0.345 e. The number of likely N-dealkylation sites (tertiary alicyclic amines) is 2. The van der Waals surface area contributed by atoms with Crippen molar-refractivity contribution in [1.82, 2.24) is 19.7 Å². The Balaban J connectivity index is 1.16. The fourth-order valence-corrected chi connectivity index (χ4v) is 7.39. The van der Waals surface area contributed by atoms with Crippen LogP contribution in [0.3, 0.4) is 0 Å². The number of rotatable bonds is 8. The number of anilines is 2. The Bertz CT molecular complexity index is 1440. The minimum atomic E-state index is -4.39. The summed E-state index contributed by atoms with van der Waals surface area (Å²) < 4.78 is 39.1. The van der Waals surface area contributed by atoms with Gasteiger partial charge in [0.05, 0.1) is 5.56 Å². The van der Waals surface area contributed by atoms with Gasteiger partial charge in [-0.15, -0.1) is 0 Å². The Morgan fingerprint density at radius 3 is 2.11 bits per heavy atom. The molecule has 3 fully saturated rings. The number of hydrogen-bond acceptors (Lipinski definition) is 5. The largest absolute Gasteiger partial charge is 0.416 e. The van der Waals surface area contributed by atoms with Gasteiger partial charge >= 0.3 is 6.18 Å². The number of benzene rings is 2. The van der Waals surface area contributed by atoms with Gasteiger partial charge in [-0.05, 0) is 111 Å². The number of pyridine rings is 1. The minimum absolute atomic E-state index is 0.106.